The fourth-order valence-corrected chi connectivity index (χ4v) is 4.04. The Labute approximate surface area is 168 Å². The van der Waals surface area contributed by atoms with E-state index in [0.29, 0.717) is 21.9 Å². The first-order valence-corrected chi connectivity index (χ1v) is 10.3. The van der Waals surface area contributed by atoms with Crippen molar-refractivity contribution < 1.29 is 30.2 Å². The van der Waals surface area contributed by atoms with E-state index in [1.54, 1.807) is 6.07 Å². The maximum atomic E-state index is 12.6. The second kappa shape index (κ2) is 6.12. The van der Waals surface area contributed by atoms with Gasteiger partial charge >= 0.3 is 15.6 Å². The van der Waals surface area contributed by atoms with Gasteiger partial charge in [-0.1, -0.05) is 29.8 Å². The molecule has 0 unspecified atom stereocenters. The lowest BCUT2D eigenvalue weighted by Crippen LogP contribution is -2.28. The Bertz CT molecular complexity index is 1580. The Morgan fingerprint density at radius 3 is 1.93 bits per heavy atom. The number of rotatable bonds is 2. The average molecular weight is 430 g/mol. The summed E-state index contributed by atoms with van der Waals surface area (Å²) in [6, 6.07) is 17.6. The smallest absolute Gasteiger partial charge is 0.456 e. The summed E-state index contributed by atoms with van der Waals surface area (Å²) in [6.45, 7) is 2.01. The van der Waals surface area contributed by atoms with Crippen LogP contribution in [0.2, 0.25) is 0 Å². The third-order valence-electron chi connectivity index (χ3n) is 5.00. The van der Waals surface area contributed by atoms with Crippen LogP contribution >= 0.6 is 0 Å². The molecule has 0 amide bonds. The van der Waals surface area contributed by atoms with E-state index in [9.17, 15) is 21.6 Å². The van der Waals surface area contributed by atoms with E-state index in [-0.39, 0.29) is 0 Å². The second-order valence-electron chi connectivity index (χ2n) is 7.14. The molecule has 152 valence electrons. The summed E-state index contributed by atoms with van der Waals surface area (Å²) < 4.78 is 70.4. The summed E-state index contributed by atoms with van der Waals surface area (Å²) in [5, 5.41) is 5.10. The van der Waals surface area contributed by atoms with Crippen molar-refractivity contribution in [2.75, 3.05) is 0 Å². The first-order chi connectivity index (χ1) is 14.1. The minimum atomic E-state index is -5.73. The maximum Gasteiger partial charge on any atom is 0.534 e. The highest BCUT2D eigenvalue weighted by Crippen LogP contribution is 2.36. The molecule has 4 aromatic carbocycles. The topological polar surface area (TPSA) is 56.5 Å². The van der Waals surface area contributed by atoms with Gasteiger partial charge in [-0.3, -0.25) is 0 Å². The summed E-state index contributed by atoms with van der Waals surface area (Å²) >= 11 is 0. The molecule has 0 atom stereocenters. The highest BCUT2D eigenvalue weighted by atomic mass is 32.2. The Morgan fingerprint density at radius 2 is 1.33 bits per heavy atom. The third kappa shape index (κ3) is 2.95. The molecule has 0 bridgehead atoms. The molecule has 0 saturated heterocycles. The summed E-state index contributed by atoms with van der Waals surface area (Å²) in [5.74, 6) is -0.420. The van der Waals surface area contributed by atoms with Crippen molar-refractivity contribution >= 4 is 53.6 Å². The molecule has 0 N–H and O–H groups in total. The Hall–Kier alpha value is -3.26. The van der Waals surface area contributed by atoms with Crippen LogP contribution in [0.1, 0.15) is 5.56 Å². The first kappa shape index (κ1) is 18.7. The zero-order valence-corrected chi connectivity index (χ0v) is 16.3. The standard InChI is InChI=1S/C22H13F3O4S/c1-12-2-3-13-8-18-19-9-14-4-5-17(29-30(26,27)22(23,24)25)7-16(14)11-21(19)28-20(18)10-15(13)6-12/h2-11H,1H3. The lowest BCUT2D eigenvalue weighted by molar-refractivity contribution is -0.0500. The number of aryl methyl sites for hydroxylation is 1. The Balaban J connectivity index is 1.68. The van der Waals surface area contributed by atoms with Crippen molar-refractivity contribution in [2.45, 2.75) is 12.4 Å². The molecule has 1 heterocycles. The van der Waals surface area contributed by atoms with Gasteiger partial charge in [0.05, 0.1) is 0 Å². The summed E-state index contributed by atoms with van der Waals surface area (Å²) in [6.07, 6.45) is 0. The third-order valence-corrected chi connectivity index (χ3v) is 5.98. The minimum Gasteiger partial charge on any atom is -0.456 e. The van der Waals surface area contributed by atoms with Gasteiger partial charge in [-0.25, -0.2) is 0 Å². The average Bonchev–Trinajstić information content (AvgIpc) is 2.99. The van der Waals surface area contributed by atoms with Gasteiger partial charge in [0.2, 0.25) is 0 Å². The Kier molecular flexibility index (Phi) is 3.82. The summed E-state index contributed by atoms with van der Waals surface area (Å²) in [5.41, 5.74) is -3.13. The van der Waals surface area contributed by atoms with E-state index in [1.165, 1.54) is 18.2 Å². The largest absolute Gasteiger partial charge is 0.534 e. The van der Waals surface area contributed by atoms with Crippen molar-refractivity contribution in [1.29, 1.82) is 0 Å². The number of alkyl halides is 3. The fourth-order valence-electron chi connectivity index (χ4n) is 3.59. The van der Waals surface area contributed by atoms with Crippen LogP contribution in [0.4, 0.5) is 13.2 Å². The monoisotopic (exact) mass is 430 g/mol. The molecule has 5 aromatic rings. The highest BCUT2D eigenvalue weighted by Gasteiger charge is 2.48. The van der Waals surface area contributed by atoms with Gasteiger partial charge in [0.1, 0.15) is 16.9 Å². The van der Waals surface area contributed by atoms with Crippen LogP contribution < -0.4 is 4.18 Å². The van der Waals surface area contributed by atoms with Crippen molar-refractivity contribution in [2.24, 2.45) is 0 Å². The van der Waals surface area contributed by atoms with Crippen LogP contribution in [-0.2, 0) is 10.1 Å². The SMILES string of the molecule is Cc1ccc2cc3c(cc2c1)oc1cc2cc(OS(=O)(=O)C(F)(F)F)ccc2cc13. The van der Waals surface area contributed by atoms with Crippen LogP contribution in [-0.4, -0.2) is 13.9 Å². The quantitative estimate of drug-likeness (QED) is 0.239. The minimum absolute atomic E-state index is 0.420. The van der Waals surface area contributed by atoms with E-state index in [2.05, 4.69) is 10.2 Å². The fraction of sp³-hybridized carbons (Fsp3) is 0.0909. The zero-order valence-electron chi connectivity index (χ0n) is 15.4. The van der Waals surface area contributed by atoms with Crippen LogP contribution in [0.3, 0.4) is 0 Å². The lowest BCUT2D eigenvalue weighted by atomic mass is 10.0. The van der Waals surface area contributed by atoms with Crippen molar-refractivity contribution in [3.63, 3.8) is 0 Å². The molecule has 0 radical (unpaired) electrons. The van der Waals surface area contributed by atoms with Gasteiger partial charge in [-0.05, 0) is 64.9 Å². The number of furan rings is 1. The molecule has 0 aliphatic heterocycles. The molecule has 0 aliphatic carbocycles. The van der Waals surface area contributed by atoms with Crippen molar-refractivity contribution in [3.8, 4) is 5.75 Å². The number of hydrogen-bond acceptors (Lipinski definition) is 4. The first-order valence-electron chi connectivity index (χ1n) is 8.92. The summed E-state index contributed by atoms with van der Waals surface area (Å²) in [7, 11) is -5.73. The molecule has 0 spiro atoms. The second-order valence-corrected chi connectivity index (χ2v) is 8.68. The van der Waals surface area contributed by atoms with Gasteiger partial charge in [0.25, 0.3) is 0 Å². The maximum absolute atomic E-state index is 12.6. The summed E-state index contributed by atoms with van der Waals surface area (Å²) in [4.78, 5) is 0. The lowest BCUT2D eigenvalue weighted by Gasteiger charge is -2.10. The van der Waals surface area contributed by atoms with Gasteiger partial charge in [0.15, 0.2) is 0 Å². The van der Waals surface area contributed by atoms with E-state index < -0.39 is 21.4 Å². The van der Waals surface area contributed by atoms with Gasteiger partial charge in [0, 0.05) is 10.8 Å². The van der Waals surface area contributed by atoms with Gasteiger partial charge in [-0.15, -0.1) is 0 Å². The van der Waals surface area contributed by atoms with Crippen LogP contribution in [0.15, 0.2) is 65.1 Å². The van der Waals surface area contributed by atoms with Crippen LogP contribution in [0.25, 0.3) is 43.5 Å². The number of hydrogen-bond donors (Lipinski definition) is 0. The number of fused-ring (bicyclic) bond motifs is 5. The molecular formula is C22H13F3O4S. The molecule has 0 fully saturated rings. The molecule has 5 rings (SSSR count). The zero-order chi connectivity index (χ0) is 21.3. The molecular weight excluding hydrogens is 417 g/mol. The molecule has 1 aromatic heterocycles. The van der Waals surface area contributed by atoms with Crippen LogP contribution in [0, 0.1) is 6.92 Å². The van der Waals surface area contributed by atoms with Gasteiger partial charge in [-0.2, -0.15) is 21.6 Å². The molecule has 0 aliphatic rings. The molecule has 4 nitrogen and oxygen atoms in total. The highest BCUT2D eigenvalue weighted by molar-refractivity contribution is 7.88. The molecule has 8 heteroatoms. The van der Waals surface area contributed by atoms with E-state index in [4.69, 9.17) is 4.42 Å². The molecule has 0 saturated carbocycles. The van der Waals surface area contributed by atoms with E-state index in [0.717, 1.165) is 27.1 Å². The van der Waals surface area contributed by atoms with Crippen molar-refractivity contribution in [3.05, 3.63) is 66.2 Å². The van der Waals surface area contributed by atoms with Gasteiger partial charge < -0.3 is 8.60 Å². The Morgan fingerprint density at radius 1 is 0.767 bits per heavy atom. The molecule has 30 heavy (non-hydrogen) atoms. The van der Waals surface area contributed by atoms with E-state index in [1.807, 2.05) is 37.3 Å². The number of benzene rings is 4. The number of halogens is 3. The predicted molar refractivity (Wildman–Crippen MR) is 109 cm³/mol. The van der Waals surface area contributed by atoms with E-state index >= 15 is 0 Å². The van der Waals surface area contributed by atoms with Crippen LogP contribution in [0.5, 0.6) is 5.75 Å². The normalized spacial score (nSPS) is 12.9. The predicted octanol–water partition coefficient (Wildman–Crippen LogP) is 6.43. The van der Waals surface area contributed by atoms with Crippen molar-refractivity contribution in [1.82, 2.24) is 0 Å².